The lowest BCUT2D eigenvalue weighted by Gasteiger charge is -2.10. The molecule has 0 aliphatic heterocycles. The Balaban J connectivity index is 2.52. The summed E-state index contributed by atoms with van der Waals surface area (Å²) in [6, 6.07) is 3.92. The number of benzene rings is 1. The number of H-pyrrole nitrogens is 1. The van der Waals surface area contributed by atoms with Crippen molar-refractivity contribution in [2.24, 2.45) is 0 Å². The molecule has 4 nitrogen and oxygen atoms in total. The van der Waals surface area contributed by atoms with E-state index in [1.54, 1.807) is 0 Å². The monoisotopic (exact) mass is 228 g/mol. The SMILES string of the molecule is Cc1ccc(-c2nn[nH]n2)cc1C(F)(F)F. The minimum Gasteiger partial charge on any atom is -0.177 e. The van der Waals surface area contributed by atoms with Crippen LogP contribution in [0.4, 0.5) is 13.2 Å². The predicted octanol–water partition coefficient (Wildman–Crippen LogP) is 2.19. The molecule has 0 atom stereocenters. The van der Waals surface area contributed by atoms with Gasteiger partial charge in [0.2, 0.25) is 5.82 Å². The molecule has 1 heterocycles. The largest absolute Gasteiger partial charge is 0.416 e. The highest BCUT2D eigenvalue weighted by Crippen LogP contribution is 2.33. The maximum Gasteiger partial charge on any atom is 0.416 e. The lowest BCUT2D eigenvalue weighted by Crippen LogP contribution is -2.07. The van der Waals surface area contributed by atoms with Gasteiger partial charge in [-0.15, -0.1) is 10.2 Å². The zero-order valence-corrected chi connectivity index (χ0v) is 8.21. The summed E-state index contributed by atoms with van der Waals surface area (Å²) in [7, 11) is 0. The first kappa shape index (κ1) is 10.6. The van der Waals surface area contributed by atoms with Crippen LogP contribution in [-0.4, -0.2) is 20.6 Å². The molecule has 16 heavy (non-hydrogen) atoms. The molecule has 1 aromatic carbocycles. The third kappa shape index (κ3) is 1.88. The fraction of sp³-hybridized carbons (Fsp3) is 0.222. The predicted molar refractivity (Wildman–Crippen MR) is 49.4 cm³/mol. The zero-order valence-electron chi connectivity index (χ0n) is 8.21. The summed E-state index contributed by atoms with van der Waals surface area (Å²) < 4.78 is 37.8. The van der Waals surface area contributed by atoms with Crippen LogP contribution in [0.1, 0.15) is 11.1 Å². The Bertz CT molecular complexity index is 490. The van der Waals surface area contributed by atoms with Gasteiger partial charge in [-0.1, -0.05) is 12.1 Å². The van der Waals surface area contributed by atoms with Crippen LogP contribution in [0, 0.1) is 6.92 Å². The summed E-state index contributed by atoms with van der Waals surface area (Å²) in [5.41, 5.74) is -0.235. The highest BCUT2D eigenvalue weighted by molar-refractivity contribution is 5.56. The molecule has 1 aromatic heterocycles. The van der Waals surface area contributed by atoms with Crippen molar-refractivity contribution in [2.45, 2.75) is 13.1 Å². The number of nitrogens with zero attached hydrogens (tertiary/aromatic N) is 3. The summed E-state index contributed by atoms with van der Waals surface area (Å²) in [6.45, 7) is 1.41. The molecule has 0 bridgehead atoms. The van der Waals surface area contributed by atoms with Crippen LogP contribution in [0.3, 0.4) is 0 Å². The van der Waals surface area contributed by atoms with Crippen molar-refractivity contribution in [3.05, 3.63) is 29.3 Å². The first-order valence-electron chi connectivity index (χ1n) is 4.40. The third-order valence-electron chi connectivity index (χ3n) is 2.15. The molecule has 2 aromatic rings. The molecule has 0 saturated carbocycles. The van der Waals surface area contributed by atoms with E-state index in [9.17, 15) is 13.2 Å². The van der Waals surface area contributed by atoms with E-state index >= 15 is 0 Å². The Morgan fingerprint density at radius 2 is 2.00 bits per heavy atom. The van der Waals surface area contributed by atoms with Gasteiger partial charge in [0.1, 0.15) is 0 Å². The number of nitrogens with one attached hydrogen (secondary N) is 1. The molecule has 0 spiro atoms. The maximum absolute atomic E-state index is 12.6. The van der Waals surface area contributed by atoms with Crippen molar-refractivity contribution in [3.63, 3.8) is 0 Å². The molecule has 84 valence electrons. The van der Waals surface area contributed by atoms with Crippen LogP contribution < -0.4 is 0 Å². The smallest absolute Gasteiger partial charge is 0.177 e. The number of rotatable bonds is 1. The summed E-state index contributed by atoms with van der Waals surface area (Å²) in [4.78, 5) is 0. The van der Waals surface area contributed by atoms with Gasteiger partial charge in [-0.2, -0.15) is 18.4 Å². The van der Waals surface area contributed by atoms with Crippen molar-refractivity contribution >= 4 is 0 Å². The van der Waals surface area contributed by atoms with E-state index in [4.69, 9.17) is 0 Å². The minimum absolute atomic E-state index is 0.144. The van der Waals surface area contributed by atoms with Crippen LogP contribution in [-0.2, 0) is 6.18 Å². The van der Waals surface area contributed by atoms with E-state index in [0.717, 1.165) is 6.07 Å². The quantitative estimate of drug-likeness (QED) is 0.813. The van der Waals surface area contributed by atoms with Crippen LogP contribution in [0.25, 0.3) is 11.4 Å². The van der Waals surface area contributed by atoms with E-state index in [1.165, 1.54) is 19.1 Å². The molecule has 0 saturated heterocycles. The summed E-state index contributed by atoms with van der Waals surface area (Å²) >= 11 is 0. The average Bonchev–Trinajstić information content (AvgIpc) is 2.69. The van der Waals surface area contributed by atoms with Crippen LogP contribution >= 0.6 is 0 Å². The molecule has 1 N–H and O–H groups in total. The van der Waals surface area contributed by atoms with Gasteiger partial charge in [0.15, 0.2) is 0 Å². The number of alkyl halides is 3. The number of tetrazole rings is 1. The average molecular weight is 228 g/mol. The van der Waals surface area contributed by atoms with Crippen molar-refractivity contribution in [1.29, 1.82) is 0 Å². The first-order valence-corrected chi connectivity index (χ1v) is 4.40. The van der Waals surface area contributed by atoms with Gasteiger partial charge in [0.05, 0.1) is 5.56 Å². The number of aromatic amines is 1. The molecule has 0 aliphatic carbocycles. The van der Waals surface area contributed by atoms with Crippen LogP contribution in [0.5, 0.6) is 0 Å². The van der Waals surface area contributed by atoms with Crippen molar-refractivity contribution < 1.29 is 13.2 Å². The second kappa shape index (κ2) is 3.58. The highest BCUT2D eigenvalue weighted by Gasteiger charge is 2.32. The standard InChI is InChI=1S/C9H7F3N4/c1-5-2-3-6(8-13-15-16-14-8)4-7(5)9(10,11)12/h2-4H,1H3,(H,13,14,15,16). The molecule has 0 fully saturated rings. The fourth-order valence-electron chi connectivity index (χ4n) is 1.35. The van der Waals surface area contributed by atoms with Gasteiger partial charge >= 0.3 is 6.18 Å². The van der Waals surface area contributed by atoms with Crippen LogP contribution in [0.15, 0.2) is 18.2 Å². The molecule has 0 aliphatic rings. The minimum atomic E-state index is -4.37. The molecular weight excluding hydrogens is 221 g/mol. The van der Waals surface area contributed by atoms with Gasteiger partial charge in [-0.05, 0) is 23.8 Å². The van der Waals surface area contributed by atoms with E-state index in [1.807, 2.05) is 0 Å². The zero-order chi connectivity index (χ0) is 11.8. The lowest BCUT2D eigenvalue weighted by molar-refractivity contribution is -0.138. The number of halogens is 3. The molecule has 7 heteroatoms. The van der Waals surface area contributed by atoms with Crippen molar-refractivity contribution in [2.75, 3.05) is 0 Å². The van der Waals surface area contributed by atoms with E-state index in [0.29, 0.717) is 0 Å². The molecular formula is C9H7F3N4. The topological polar surface area (TPSA) is 54.5 Å². The maximum atomic E-state index is 12.6. The number of hydrogen-bond donors (Lipinski definition) is 1. The second-order valence-electron chi connectivity index (χ2n) is 3.26. The highest BCUT2D eigenvalue weighted by atomic mass is 19.4. The Morgan fingerprint density at radius 1 is 1.25 bits per heavy atom. The molecule has 2 rings (SSSR count). The Kier molecular flexibility index (Phi) is 2.37. The number of hydrogen-bond acceptors (Lipinski definition) is 3. The second-order valence-corrected chi connectivity index (χ2v) is 3.26. The Morgan fingerprint density at radius 3 is 2.56 bits per heavy atom. The van der Waals surface area contributed by atoms with Gasteiger partial charge in [-0.25, -0.2) is 0 Å². The summed E-state index contributed by atoms with van der Waals surface area (Å²) in [6.07, 6.45) is -4.37. The number of aryl methyl sites for hydroxylation is 1. The van der Waals surface area contributed by atoms with Gasteiger partial charge in [-0.3, -0.25) is 0 Å². The summed E-state index contributed by atoms with van der Waals surface area (Å²) in [5.74, 6) is 0.144. The lowest BCUT2D eigenvalue weighted by atomic mass is 10.0. The van der Waals surface area contributed by atoms with E-state index in [2.05, 4.69) is 20.6 Å². The number of aromatic nitrogens is 4. The summed E-state index contributed by atoms with van der Waals surface area (Å²) in [5, 5.41) is 12.7. The normalized spacial score (nSPS) is 11.8. The van der Waals surface area contributed by atoms with E-state index in [-0.39, 0.29) is 17.0 Å². The van der Waals surface area contributed by atoms with Gasteiger partial charge in [0.25, 0.3) is 0 Å². The van der Waals surface area contributed by atoms with E-state index < -0.39 is 11.7 Å². The van der Waals surface area contributed by atoms with Gasteiger partial charge < -0.3 is 0 Å². The van der Waals surface area contributed by atoms with Crippen molar-refractivity contribution in [1.82, 2.24) is 20.6 Å². The Labute approximate surface area is 88.5 Å². The molecule has 0 amide bonds. The third-order valence-corrected chi connectivity index (χ3v) is 2.15. The molecule has 0 radical (unpaired) electrons. The van der Waals surface area contributed by atoms with Gasteiger partial charge in [0, 0.05) is 5.56 Å². The molecule has 0 unspecified atom stereocenters. The fourth-order valence-corrected chi connectivity index (χ4v) is 1.35. The Hall–Kier alpha value is -1.92. The van der Waals surface area contributed by atoms with Crippen molar-refractivity contribution in [3.8, 4) is 11.4 Å². The van der Waals surface area contributed by atoms with Crippen LogP contribution in [0.2, 0.25) is 0 Å². The first-order chi connectivity index (χ1) is 7.48.